The van der Waals surface area contributed by atoms with Gasteiger partial charge in [-0.3, -0.25) is 0 Å². The van der Waals surface area contributed by atoms with Crippen LogP contribution in [-0.2, 0) is 10.8 Å². The summed E-state index contributed by atoms with van der Waals surface area (Å²) in [5, 5.41) is 12.4. The molecule has 7 aromatic carbocycles. The summed E-state index contributed by atoms with van der Waals surface area (Å²) in [5.74, 6) is 0. The maximum atomic E-state index is 7.17. The molecule has 1 aliphatic carbocycles. The van der Waals surface area contributed by atoms with E-state index in [1.165, 1.54) is 98.7 Å². The number of aromatic nitrogens is 2. The molecule has 4 heteroatoms. The van der Waals surface area contributed by atoms with Gasteiger partial charge in [0.15, 0.2) is 0 Å². The summed E-state index contributed by atoms with van der Waals surface area (Å²) in [5.41, 5.74) is 14.5. The lowest BCUT2D eigenvalue weighted by Crippen LogP contribution is -2.29. The van der Waals surface area contributed by atoms with E-state index in [0.717, 1.165) is 28.4 Å². The number of fused-ring (bicyclic) bond motifs is 16. The lowest BCUT2D eigenvalue weighted by molar-refractivity contribution is 0.590. The topological polar surface area (TPSA) is 25.2 Å². The highest BCUT2D eigenvalue weighted by Gasteiger charge is 2.29. The number of rotatable bonds is 3. The standard InChI is InChI=1S/C56H45N3O/c1-55(2,3)32-21-24-45-39(27-32)42-28-33(56(4,5)6)29-43-51-47(58(45)52(42)43)26-23-37-41-30-48-40(31-49(41)60-54(37)51)36-22-25-46(50-38-19-13-14-20-44(38)59(48)53(36)50)57(34-15-9-7-10-16-34)35-17-11-8-12-18-35/h7-17,19-31,35H,18H2,1-6H3. The Morgan fingerprint density at radius 2 is 1.22 bits per heavy atom. The van der Waals surface area contributed by atoms with Gasteiger partial charge in [-0.15, -0.1) is 0 Å². The molecule has 0 bridgehead atoms. The third-order valence-corrected chi connectivity index (χ3v) is 13.7. The zero-order chi connectivity index (χ0) is 40.4. The molecule has 0 spiro atoms. The molecule has 0 N–H and O–H groups in total. The average Bonchev–Trinajstić information content (AvgIpc) is 4.04. The van der Waals surface area contributed by atoms with Crippen molar-refractivity contribution in [1.82, 2.24) is 8.80 Å². The van der Waals surface area contributed by atoms with Crippen LogP contribution in [0.25, 0.3) is 98.1 Å². The van der Waals surface area contributed by atoms with Crippen LogP contribution in [0.1, 0.15) is 59.1 Å². The van der Waals surface area contributed by atoms with Crippen molar-refractivity contribution in [1.29, 1.82) is 0 Å². The fourth-order valence-electron chi connectivity index (χ4n) is 10.8. The molecule has 0 saturated carbocycles. The molecule has 1 atom stereocenters. The van der Waals surface area contributed by atoms with Crippen molar-refractivity contribution in [3.8, 4) is 0 Å². The Labute approximate surface area is 347 Å². The maximum absolute atomic E-state index is 7.17. The molecule has 0 fully saturated rings. The van der Waals surface area contributed by atoms with Crippen molar-refractivity contribution in [2.75, 3.05) is 4.90 Å². The summed E-state index contributed by atoms with van der Waals surface area (Å²) in [6, 6.07) is 46.1. The molecule has 4 nitrogen and oxygen atoms in total. The van der Waals surface area contributed by atoms with Gasteiger partial charge in [-0.2, -0.15) is 0 Å². The zero-order valence-corrected chi connectivity index (χ0v) is 34.9. The fourth-order valence-corrected chi connectivity index (χ4v) is 10.8. The first-order valence-corrected chi connectivity index (χ1v) is 21.5. The molecule has 1 unspecified atom stereocenters. The second-order valence-electron chi connectivity index (χ2n) is 19.3. The lowest BCUT2D eigenvalue weighted by Gasteiger charge is -2.33. The maximum Gasteiger partial charge on any atom is 0.145 e. The Hall–Kier alpha value is -6.78. The number of allylic oxidation sites excluding steroid dienone is 2. The van der Waals surface area contributed by atoms with Crippen LogP contribution in [-0.4, -0.2) is 14.8 Å². The van der Waals surface area contributed by atoms with Gasteiger partial charge in [0.25, 0.3) is 0 Å². The summed E-state index contributed by atoms with van der Waals surface area (Å²) in [4.78, 5) is 2.53. The average molecular weight is 776 g/mol. The highest BCUT2D eigenvalue weighted by Crippen LogP contribution is 2.50. The number of para-hydroxylation sites is 2. The van der Waals surface area contributed by atoms with E-state index in [2.05, 4.69) is 201 Å². The van der Waals surface area contributed by atoms with E-state index < -0.39 is 0 Å². The van der Waals surface area contributed by atoms with Gasteiger partial charge in [0.1, 0.15) is 11.2 Å². The van der Waals surface area contributed by atoms with Gasteiger partial charge in [-0.05, 0) is 101 Å². The molecule has 5 heterocycles. The molecule has 12 aromatic rings. The summed E-state index contributed by atoms with van der Waals surface area (Å²) in [7, 11) is 0. The van der Waals surface area contributed by atoms with Crippen LogP contribution < -0.4 is 4.90 Å². The quantitative estimate of drug-likeness (QED) is 0.179. The van der Waals surface area contributed by atoms with Crippen LogP contribution in [0.5, 0.6) is 0 Å². The molecule has 1 aliphatic rings. The van der Waals surface area contributed by atoms with Crippen molar-refractivity contribution in [2.45, 2.75) is 64.8 Å². The second kappa shape index (κ2) is 11.5. The van der Waals surface area contributed by atoms with Crippen LogP contribution in [0.2, 0.25) is 0 Å². The van der Waals surface area contributed by atoms with Crippen molar-refractivity contribution in [3.63, 3.8) is 0 Å². The third kappa shape index (κ3) is 4.41. The molecule has 0 saturated heterocycles. The van der Waals surface area contributed by atoms with Crippen molar-refractivity contribution < 1.29 is 4.42 Å². The molecule has 0 amide bonds. The summed E-state index contributed by atoms with van der Waals surface area (Å²) in [6.07, 6.45) is 9.92. The number of furan rings is 1. The summed E-state index contributed by atoms with van der Waals surface area (Å²) >= 11 is 0. The van der Waals surface area contributed by atoms with Gasteiger partial charge in [0, 0.05) is 54.2 Å². The Bertz CT molecular complexity index is 3820. The molecule has 290 valence electrons. The van der Waals surface area contributed by atoms with E-state index >= 15 is 0 Å². The van der Waals surface area contributed by atoms with Crippen LogP contribution in [0.3, 0.4) is 0 Å². The Balaban J connectivity index is 1.11. The SMILES string of the molecule is CC(C)(C)c1ccc2c(c1)c1cc(C(C)(C)C)cc3c4c5oc6cc7c8ccc(N(c9ccccc9)C9C=CC=CC9)c9c%10ccccc%10n(c7cc6c5ccc4n2c13)c89. The monoisotopic (exact) mass is 775 g/mol. The number of anilines is 2. The second-order valence-corrected chi connectivity index (χ2v) is 19.3. The molecule has 5 aromatic heterocycles. The Kier molecular flexibility index (Phi) is 6.53. The van der Waals surface area contributed by atoms with E-state index in [1.54, 1.807) is 0 Å². The van der Waals surface area contributed by atoms with Crippen LogP contribution >= 0.6 is 0 Å². The molecule has 0 radical (unpaired) electrons. The minimum Gasteiger partial charge on any atom is -0.455 e. The van der Waals surface area contributed by atoms with Crippen LogP contribution in [0, 0.1) is 0 Å². The van der Waals surface area contributed by atoms with Crippen LogP contribution in [0.4, 0.5) is 11.4 Å². The minimum atomic E-state index is -0.0213. The first-order valence-electron chi connectivity index (χ1n) is 21.5. The number of hydrogen-bond acceptors (Lipinski definition) is 2. The predicted molar refractivity (Wildman–Crippen MR) is 256 cm³/mol. The van der Waals surface area contributed by atoms with Gasteiger partial charge in [0.2, 0.25) is 0 Å². The smallest absolute Gasteiger partial charge is 0.145 e. The molecule has 13 rings (SSSR count). The van der Waals surface area contributed by atoms with Gasteiger partial charge in [-0.25, -0.2) is 0 Å². The van der Waals surface area contributed by atoms with E-state index in [9.17, 15) is 0 Å². The Morgan fingerprint density at radius 3 is 2.02 bits per heavy atom. The van der Waals surface area contributed by atoms with Gasteiger partial charge in [0.05, 0.1) is 50.2 Å². The number of benzene rings is 7. The van der Waals surface area contributed by atoms with Gasteiger partial charge in [-0.1, -0.05) is 114 Å². The van der Waals surface area contributed by atoms with E-state index in [0.29, 0.717) is 0 Å². The van der Waals surface area contributed by atoms with Crippen molar-refractivity contribution in [3.05, 3.63) is 157 Å². The van der Waals surface area contributed by atoms with Crippen molar-refractivity contribution in [2.24, 2.45) is 0 Å². The molecular formula is C56H45N3O. The third-order valence-electron chi connectivity index (χ3n) is 13.7. The zero-order valence-electron chi connectivity index (χ0n) is 34.9. The Morgan fingerprint density at radius 1 is 0.517 bits per heavy atom. The van der Waals surface area contributed by atoms with E-state index in [4.69, 9.17) is 4.42 Å². The lowest BCUT2D eigenvalue weighted by atomic mass is 9.84. The first kappa shape index (κ1) is 34.1. The van der Waals surface area contributed by atoms with E-state index in [-0.39, 0.29) is 16.9 Å². The summed E-state index contributed by atoms with van der Waals surface area (Å²) in [6.45, 7) is 13.9. The normalized spacial score (nSPS) is 15.5. The number of hydrogen-bond donors (Lipinski definition) is 0. The van der Waals surface area contributed by atoms with Crippen LogP contribution in [0.15, 0.2) is 150 Å². The minimum absolute atomic E-state index is 0.0213. The van der Waals surface area contributed by atoms with Crippen molar-refractivity contribution >= 4 is 110 Å². The highest BCUT2D eigenvalue weighted by molar-refractivity contribution is 6.32. The molecule has 0 aliphatic heterocycles. The molecular weight excluding hydrogens is 731 g/mol. The van der Waals surface area contributed by atoms with E-state index in [1.807, 2.05) is 0 Å². The largest absolute Gasteiger partial charge is 0.455 e. The fraction of sp³-hybridized carbons (Fsp3) is 0.179. The summed E-state index contributed by atoms with van der Waals surface area (Å²) < 4.78 is 12.2. The van der Waals surface area contributed by atoms with Gasteiger partial charge >= 0.3 is 0 Å². The highest BCUT2D eigenvalue weighted by atomic mass is 16.3. The predicted octanol–water partition coefficient (Wildman–Crippen LogP) is 15.5. The molecule has 60 heavy (non-hydrogen) atoms. The number of nitrogens with zero attached hydrogens (tertiary/aromatic N) is 3. The van der Waals surface area contributed by atoms with Gasteiger partial charge < -0.3 is 18.1 Å². The first-order chi connectivity index (χ1) is 29.0.